The molecule has 0 spiro atoms. The molecule has 168 valence electrons. The fraction of sp³-hybridized carbons (Fsp3) is 0.261. The van der Waals surface area contributed by atoms with Gasteiger partial charge in [-0.1, -0.05) is 6.07 Å². The third-order valence-corrected chi connectivity index (χ3v) is 5.90. The number of fused-ring (bicyclic) bond motifs is 1. The Morgan fingerprint density at radius 1 is 1.16 bits per heavy atom. The molecular formula is C23H21F2N2O4S-. The van der Waals surface area contributed by atoms with Gasteiger partial charge in [0.2, 0.25) is 0 Å². The van der Waals surface area contributed by atoms with Gasteiger partial charge in [-0.2, -0.15) is 0 Å². The van der Waals surface area contributed by atoms with E-state index in [-0.39, 0.29) is 18.1 Å². The largest absolute Gasteiger partial charge is 0.760 e. The molecule has 1 unspecified atom stereocenters. The van der Waals surface area contributed by atoms with Gasteiger partial charge in [-0.3, -0.25) is 9.00 Å². The predicted molar refractivity (Wildman–Crippen MR) is 115 cm³/mol. The van der Waals surface area contributed by atoms with Crippen LogP contribution in [-0.4, -0.2) is 26.1 Å². The smallest absolute Gasteiger partial charge is 0.168 e. The molecule has 1 aliphatic carbocycles. The van der Waals surface area contributed by atoms with E-state index in [2.05, 4.69) is 9.71 Å². The number of benzene rings is 2. The number of aryl methyl sites for hydroxylation is 1. The van der Waals surface area contributed by atoms with E-state index in [0.717, 1.165) is 35.4 Å². The minimum absolute atomic E-state index is 0.0802. The summed E-state index contributed by atoms with van der Waals surface area (Å²) in [6.45, 7) is 2.05. The van der Waals surface area contributed by atoms with E-state index >= 15 is 0 Å². The number of halogens is 2. The van der Waals surface area contributed by atoms with Crippen molar-refractivity contribution >= 4 is 17.0 Å². The van der Waals surface area contributed by atoms with Crippen molar-refractivity contribution in [3.63, 3.8) is 0 Å². The average Bonchev–Trinajstić information content (AvgIpc) is 3.08. The van der Waals surface area contributed by atoms with Crippen molar-refractivity contribution in [2.75, 3.05) is 6.54 Å². The number of ether oxygens (including phenoxy) is 1. The van der Waals surface area contributed by atoms with Crippen LogP contribution in [0.25, 0.3) is 11.3 Å². The van der Waals surface area contributed by atoms with Crippen LogP contribution in [0.1, 0.15) is 40.0 Å². The number of hydrogen-bond donors (Lipinski definition) is 2. The predicted octanol–water partition coefficient (Wildman–Crippen LogP) is 4.51. The van der Waals surface area contributed by atoms with Gasteiger partial charge >= 0.3 is 0 Å². The molecule has 0 radical (unpaired) electrons. The topological polar surface area (TPSA) is 94.2 Å². The number of carbonyl (C=O) groups is 1. The monoisotopic (exact) mass is 459 g/mol. The standard InChI is InChI=1S/C23H22F2N2O4S/c1-13-22-16(3-2-4-19(22)28)23(27-13)17-11-14(9-10-26-32(29)30)5-7-20(17)31-21-8-6-15(24)12-18(21)25/h5-8,11-12,26-27H,2-4,9-10H2,1H3,(H,29,30)/p-1. The van der Waals surface area contributed by atoms with Gasteiger partial charge in [-0.05, 0) is 61.6 Å². The number of Topliss-reactive ketones (excluding diaryl/α,β-unsaturated/α-hetero) is 1. The van der Waals surface area contributed by atoms with Gasteiger partial charge in [0.05, 0.1) is 5.69 Å². The lowest BCUT2D eigenvalue weighted by Gasteiger charge is -2.16. The molecule has 1 aromatic heterocycles. The van der Waals surface area contributed by atoms with Gasteiger partial charge in [0, 0.05) is 47.1 Å². The zero-order chi connectivity index (χ0) is 22.8. The molecule has 3 aromatic rings. The number of rotatable bonds is 7. The molecule has 6 nitrogen and oxygen atoms in total. The third-order valence-electron chi connectivity index (χ3n) is 5.46. The maximum absolute atomic E-state index is 14.2. The van der Waals surface area contributed by atoms with Crippen LogP contribution in [0.4, 0.5) is 8.78 Å². The van der Waals surface area contributed by atoms with Gasteiger partial charge in [0.15, 0.2) is 17.3 Å². The van der Waals surface area contributed by atoms with E-state index in [1.54, 1.807) is 12.1 Å². The fourth-order valence-electron chi connectivity index (χ4n) is 4.06. The van der Waals surface area contributed by atoms with Crippen LogP contribution >= 0.6 is 0 Å². The maximum Gasteiger partial charge on any atom is 0.168 e. The van der Waals surface area contributed by atoms with Crippen molar-refractivity contribution in [3.05, 3.63) is 70.4 Å². The van der Waals surface area contributed by atoms with Crippen LogP contribution in [0, 0.1) is 18.6 Å². The molecular weight excluding hydrogens is 438 g/mol. The van der Waals surface area contributed by atoms with Gasteiger partial charge in [0.1, 0.15) is 11.6 Å². The summed E-state index contributed by atoms with van der Waals surface area (Å²) >= 11 is -2.36. The molecule has 0 amide bonds. The molecule has 0 saturated heterocycles. The lowest BCUT2D eigenvalue weighted by molar-refractivity contribution is 0.0972. The van der Waals surface area contributed by atoms with E-state index in [0.29, 0.717) is 41.8 Å². The third kappa shape index (κ3) is 4.64. The summed E-state index contributed by atoms with van der Waals surface area (Å²) in [5.41, 5.74) is 4.48. The molecule has 32 heavy (non-hydrogen) atoms. The number of H-pyrrole nitrogens is 1. The zero-order valence-electron chi connectivity index (χ0n) is 17.3. The van der Waals surface area contributed by atoms with E-state index in [9.17, 15) is 22.3 Å². The second-order valence-electron chi connectivity index (χ2n) is 7.64. The molecule has 9 heteroatoms. The first-order chi connectivity index (χ1) is 15.3. The Balaban J connectivity index is 1.78. The van der Waals surface area contributed by atoms with Gasteiger partial charge < -0.3 is 14.3 Å². The lowest BCUT2D eigenvalue weighted by atomic mass is 9.89. The first-order valence-corrected chi connectivity index (χ1v) is 11.2. The summed E-state index contributed by atoms with van der Waals surface area (Å²) in [6, 6.07) is 8.32. The number of aromatic nitrogens is 1. The molecule has 0 saturated carbocycles. The molecule has 0 fully saturated rings. The second kappa shape index (κ2) is 9.32. The molecule has 4 rings (SSSR count). The van der Waals surface area contributed by atoms with Crippen LogP contribution in [-0.2, 0) is 24.1 Å². The minimum atomic E-state index is -2.36. The SMILES string of the molecule is Cc1[nH]c(-c2cc(CCNS(=O)[O-])ccc2Oc2ccc(F)cc2F)c2c1C(=O)CCC2. The van der Waals surface area contributed by atoms with Gasteiger partial charge in [0.25, 0.3) is 0 Å². The van der Waals surface area contributed by atoms with E-state index < -0.39 is 22.9 Å². The quantitative estimate of drug-likeness (QED) is 0.509. The number of carbonyl (C=O) groups excluding carboxylic acids is 1. The summed E-state index contributed by atoms with van der Waals surface area (Å²) in [5, 5.41) is 0. The number of nitrogens with one attached hydrogen (secondary N) is 2. The Hall–Kier alpha value is -2.88. The number of aromatic amines is 1. The van der Waals surface area contributed by atoms with Crippen LogP contribution in [0.15, 0.2) is 36.4 Å². The Morgan fingerprint density at radius 2 is 1.94 bits per heavy atom. The number of hydrogen-bond acceptors (Lipinski definition) is 4. The molecule has 0 aliphatic heterocycles. The number of ketones is 1. The highest BCUT2D eigenvalue weighted by atomic mass is 32.2. The Morgan fingerprint density at radius 3 is 2.69 bits per heavy atom. The molecule has 1 heterocycles. The van der Waals surface area contributed by atoms with Crippen molar-refractivity contribution < 1.29 is 27.1 Å². The summed E-state index contributed by atoms with van der Waals surface area (Å²) in [4.78, 5) is 15.8. The highest BCUT2D eigenvalue weighted by Gasteiger charge is 2.26. The van der Waals surface area contributed by atoms with Gasteiger partial charge in [-0.25, -0.2) is 13.5 Å². The average molecular weight is 459 g/mol. The van der Waals surface area contributed by atoms with Gasteiger partial charge in [-0.15, -0.1) is 0 Å². The Bertz CT molecular complexity index is 1210. The van der Waals surface area contributed by atoms with E-state index in [4.69, 9.17) is 4.74 Å². The molecule has 0 bridgehead atoms. The molecule has 2 N–H and O–H groups in total. The van der Waals surface area contributed by atoms with Crippen molar-refractivity contribution in [2.45, 2.75) is 32.6 Å². The Kier molecular flexibility index (Phi) is 6.50. The highest BCUT2D eigenvalue weighted by Crippen LogP contribution is 2.40. The van der Waals surface area contributed by atoms with Crippen LogP contribution in [0.5, 0.6) is 11.5 Å². The second-order valence-corrected chi connectivity index (χ2v) is 8.40. The minimum Gasteiger partial charge on any atom is -0.760 e. The van der Waals surface area contributed by atoms with Crippen molar-refractivity contribution in [2.24, 2.45) is 0 Å². The summed E-state index contributed by atoms with van der Waals surface area (Å²) < 4.78 is 57.2. The van der Waals surface area contributed by atoms with Crippen LogP contribution < -0.4 is 9.46 Å². The zero-order valence-corrected chi connectivity index (χ0v) is 18.1. The molecule has 1 aliphatic rings. The summed E-state index contributed by atoms with van der Waals surface area (Å²) in [5.74, 6) is -1.25. The first-order valence-electron chi connectivity index (χ1n) is 10.2. The van der Waals surface area contributed by atoms with Crippen LogP contribution in [0.2, 0.25) is 0 Å². The highest BCUT2D eigenvalue weighted by molar-refractivity contribution is 7.77. The lowest BCUT2D eigenvalue weighted by Crippen LogP contribution is -2.19. The molecule has 1 atom stereocenters. The maximum atomic E-state index is 14.2. The summed E-state index contributed by atoms with van der Waals surface area (Å²) in [7, 11) is 0. The van der Waals surface area contributed by atoms with Crippen LogP contribution in [0.3, 0.4) is 0 Å². The van der Waals surface area contributed by atoms with Crippen molar-refractivity contribution in [1.82, 2.24) is 9.71 Å². The normalized spacial score (nSPS) is 14.3. The van der Waals surface area contributed by atoms with E-state index in [1.807, 2.05) is 13.0 Å². The van der Waals surface area contributed by atoms with E-state index in [1.165, 1.54) is 6.07 Å². The first kappa shape index (κ1) is 22.3. The fourth-order valence-corrected chi connectivity index (χ4v) is 4.33. The van der Waals surface area contributed by atoms with Crippen molar-refractivity contribution in [1.29, 1.82) is 0 Å². The van der Waals surface area contributed by atoms with Crippen molar-refractivity contribution in [3.8, 4) is 22.8 Å². The summed E-state index contributed by atoms with van der Waals surface area (Å²) in [6.07, 6.45) is 2.37. The molecule has 2 aromatic carbocycles. The Labute approximate surface area is 186 Å².